The Balaban J connectivity index is 1.86. The van der Waals surface area contributed by atoms with Crippen LogP contribution in [-0.4, -0.2) is 57.2 Å². The highest BCUT2D eigenvalue weighted by Gasteiger charge is 2.52. The number of aldehydes is 1. The third kappa shape index (κ3) is 4.00. The lowest BCUT2D eigenvalue weighted by atomic mass is 9.72. The third-order valence-electron chi connectivity index (χ3n) is 5.88. The SMILES string of the molecule is CN(C)C(N)=NC1(C=O)c2cc(-c3cccc(OC(F)F)c3)ccc2OC2CCOCC21. The van der Waals surface area contributed by atoms with Crippen LogP contribution in [0.4, 0.5) is 8.78 Å². The van der Waals surface area contributed by atoms with Gasteiger partial charge in [0.2, 0.25) is 0 Å². The zero-order valence-corrected chi connectivity index (χ0v) is 17.8. The van der Waals surface area contributed by atoms with Crippen molar-refractivity contribution in [3.63, 3.8) is 0 Å². The number of fused-ring (bicyclic) bond motifs is 2. The largest absolute Gasteiger partial charge is 0.489 e. The van der Waals surface area contributed by atoms with Crippen molar-refractivity contribution in [3.05, 3.63) is 48.0 Å². The van der Waals surface area contributed by atoms with Crippen LogP contribution in [0.3, 0.4) is 0 Å². The van der Waals surface area contributed by atoms with E-state index in [1.54, 1.807) is 43.3 Å². The fourth-order valence-corrected chi connectivity index (χ4v) is 4.22. The lowest BCUT2D eigenvalue weighted by molar-refractivity contribution is -0.124. The Morgan fingerprint density at radius 1 is 1.28 bits per heavy atom. The van der Waals surface area contributed by atoms with Crippen molar-refractivity contribution in [2.45, 2.75) is 24.7 Å². The van der Waals surface area contributed by atoms with E-state index >= 15 is 0 Å². The molecule has 170 valence electrons. The summed E-state index contributed by atoms with van der Waals surface area (Å²) in [7, 11) is 3.49. The molecule has 2 N–H and O–H groups in total. The van der Waals surface area contributed by atoms with Crippen LogP contribution in [0.1, 0.15) is 12.0 Å². The summed E-state index contributed by atoms with van der Waals surface area (Å²) in [4.78, 5) is 19.0. The second-order valence-electron chi connectivity index (χ2n) is 8.05. The van der Waals surface area contributed by atoms with E-state index < -0.39 is 12.2 Å². The van der Waals surface area contributed by atoms with Crippen molar-refractivity contribution >= 4 is 12.2 Å². The highest BCUT2D eigenvalue weighted by atomic mass is 19.3. The van der Waals surface area contributed by atoms with Gasteiger partial charge in [0.05, 0.1) is 19.1 Å². The number of nitrogens with two attached hydrogens (primary N) is 1. The summed E-state index contributed by atoms with van der Waals surface area (Å²) in [5, 5.41) is 0. The molecule has 2 aliphatic heterocycles. The van der Waals surface area contributed by atoms with E-state index in [-0.39, 0.29) is 23.7 Å². The first-order valence-electron chi connectivity index (χ1n) is 10.3. The van der Waals surface area contributed by atoms with Crippen molar-refractivity contribution in [3.8, 4) is 22.6 Å². The number of halogens is 2. The highest BCUT2D eigenvalue weighted by molar-refractivity contribution is 5.84. The number of rotatable bonds is 5. The molecule has 7 nitrogen and oxygen atoms in total. The summed E-state index contributed by atoms with van der Waals surface area (Å²) < 4.78 is 41.7. The van der Waals surface area contributed by atoms with Gasteiger partial charge in [0.25, 0.3) is 0 Å². The van der Waals surface area contributed by atoms with E-state index in [9.17, 15) is 13.6 Å². The zero-order chi connectivity index (χ0) is 22.9. The summed E-state index contributed by atoms with van der Waals surface area (Å²) in [6, 6.07) is 11.8. The number of alkyl halides is 2. The summed E-state index contributed by atoms with van der Waals surface area (Å²) in [5.74, 6) is 0.429. The molecule has 2 heterocycles. The molecule has 4 rings (SSSR count). The van der Waals surface area contributed by atoms with Crippen LogP contribution in [0.2, 0.25) is 0 Å². The number of hydrogen-bond donors (Lipinski definition) is 1. The van der Waals surface area contributed by atoms with Gasteiger partial charge >= 0.3 is 6.61 Å². The molecule has 3 unspecified atom stereocenters. The molecule has 0 spiro atoms. The molecule has 0 saturated carbocycles. The average molecular weight is 445 g/mol. The lowest BCUT2D eigenvalue weighted by Crippen LogP contribution is -2.54. The van der Waals surface area contributed by atoms with Crippen molar-refractivity contribution in [1.82, 2.24) is 4.90 Å². The minimum Gasteiger partial charge on any atom is -0.489 e. The average Bonchev–Trinajstić information content (AvgIpc) is 2.78. The van der Waals surface area contributed by atoms with Crippen LogP contribution in [0.5, 0.6) is 11.5 Å². The van der Waals surface area contributed by atoms with Crippen LogP contribution in [0, 0.1) is 5.92 Å². The Labute approximate surface area is 184 Å². The topological polar surface area (TPSA) is 86.4 Å². The van der Waals surface area contributed by atoms with Gasteiger partial charge in [-0.1, -0.05) is 18.2 Å². The first-order chi connectivity index (χ1) is 15.3. The molecule has 0 bridgehead atoms. The predicted molar refractivity (Wildman–Crippen MR) is 115 cm³/mol. The number of benzene rings is 2. The van der Waals surface area contributed by atoms with Crippen molar-refractivity contribution in [2.24, 2.45) is 16.6 Å². The maximum atomic E-state index is 12.7. The minimum absolute atomic E-state index is 0.0451. The first-order valence-corrected chi connectivity index (χ1v) is 10.3. The van der Waals surface area contributed by atoms with Gasteiger partial charge in [0.15, 0.2) is 17.8 Å². The second kappa shape index (κ2) is 8.74. The predicted octanol–water partition coefficient (Wildman–Crippen LogP) is 3.02. The van der Waals surface area contributed by atoms with Gasteiger partial charge in [0.1, 0.15) is 17.6 Å². The Morgan fingerprint density at radius 2 is 2.06 bits per heavy atom. The Kier molecular flexibility index (Phi) is 6.01. The van der Waals surface area contributed by atoms with Gasteiger partial charge in [0, 0.05) is 26.1 Å². The molecule has 32 heavy (non-hydrogen) atoms. The van der Waals surface area contributed by atoms with Crippen molar-refractivity contribution < 1.29 is 27.8 Å². The summed E-state index contributed by atoms with van der Waals surface area (Å²) in [6.07, 6.45) is 1.19. The van der Waals surface area contributed by atoms with Crippen molar-refractivity contribution in [1.29, 1.82) is 0 Å². The molecule has 1 saturated heterocycles. The van der Waals surface area contributed by atoms with Gasteiger partial charge in [-0.25, -0.2) is 4.99 Å². The van der Waals surface area contributed by atoms with Crippen molar-refractivity contribution in [2.75, 3.05) is 27.3 Å². The van der Waals surface area contributed by atoms with Gasteiger partial charge < -0.3 is 29.6 Å². The first kappa shape index (κ1) is 22.0. The molecule has 3 atom stereocenters. The molecule has 0 aromatic heterocycles. The van der Waals surface area contributed by atoms with E-state index in [1.165, 1.54) is 12.1 Å². The number of carbonyl (C=O) groups excluding carboxylic acids is 1. The van der Waals surface area contributed by atoms with E-state index in [0.29, 0.717) is 42.1 Å². The summed E-state index contributed by atoms with van der Waals surface area (Å²) in [6.45, 7) is -2.08. The molecule has 0 radical (unpaired) electrons. The number of hydrogen-bond acceptors (Lipinski definition) is 5. The minimum atomic E-state index is -2.92. The molecular formula is C23H25F2N3O4. The van der Waals surface area contributed by atoms with Crippen LogP contribution < -0.4 is 15.2 Å². The van der Waals surface area contributed by atoms with Crippen LogP contribution in [0.15, 0.2) is 47.5 Å². The number of carbonyl (C=O) groups is 1. The molecule has 2 aromatic carbocycles. The Hall–Kier alpha value is -3.20. The number of ether oxygens (including phenoxy) is 3. The fraction of sp³-hybridized carbons (Fsp3) is 0.391. The van der Waals surface area contributed by atoms with E-state index in [4.69, 9.17) is 15.2 Å². The van der Waals surface area contributed by atoms with E-state index in [2.05, 4.69) is 9.73 Å². The monoisotopic (exact) mass is 445 g/mol. The van der Waals surface area contributed by atoms with Gasteiger partial charge in [-0.2, -0.15) is 8.78 Å². The second-order valence-corrected chi connectivity index (χ2v) is 8.05. The normalized spacial score (nSPS) is 24.8. The van der Waals surface area contributed by atoms with Gasteiger partial charge in [-0.3, -0.25) is 0 Å². The lowest BCUT2D eigenvalue weighted by Gasteiger charge is -2.45. The fourth-order valence-electron chi connectivity index (χ4n) is 4.22. The molecule has 0 amide bonds. The molecule has 9 heteroatoms. The molecule has 2 aliphatic rings. The summed E-state index contributed by atoms with van der Waals surface area (Å²) in [5.41, 5.74) is 6.75. The molecular weight excluding hydrogens is 420 g/mol. The van der Waals surface area contributed by atoms with E-state index in [1.807, 2.05) is 6.07 Å². The Morgan fingerprint density at radius 3 is 2.78 bits per heavy atom. The van der Waals surface area contributed by atoms with Gasteiger partial charge in [-0.05, 0) is 35.4 Å². The van der Waals surface area contributed by atoms with Gasteiger partial charge in [-0.15, -0.1) is 0 Å². The molecule has 2 aromatic rings. The number of guanidine groups is 1. The maximum Gasteiger partial charge on any atom is 0.387 e. The standard InChI is InChI=1S/C23H25F2N3O4/c1-28(2)22(26)27-23(13-29)17-11-15(14-4-3-5-16(10-14)31-21(24)25)6-7-19(17)32-20-8-9-30-12-18(20)23/h3-7,10-11,13,18,20-21H,8-9,12H2,1-2H3,(H2,26,27). The quantitative estimate of drug-likeness (QED) is 0.433. The number of nitrogens with zero attached hydrogens (tertiary/aromatic N) is 2. The van der Waals surface area contributed by atoms with E-state index in [0.717, 1.165) is 6.29 Å². The molecule has 1 fully saturated rings. The highest BCUT2D eigenvalue weighted by Crippen LogP contribution is 2.48. The Bertz CT molecular complexity index is 1030. The van der Waals surface area contributed by atoms with Crippen LogP contribution >= 0.6 is 0 Å². The summed E-state index contributed by atoms with van der Waals surface area (Å²) >= 11 is 0. The number of aliphatic imine (C=N–C) groups is 1. The molecule has 0 aliphatic carbocycles. The zero-order valence-electron chi connectivity index (χ0n) is 17.8. The van der Waals surface area contributed by atoms with Crippen LogP contribution in [0.25, 0.3) is 11.1 Å². The van der Waals surface area contributed by atoms with Crippen LogP contribution in [-0.2, 0) is 15.1 Å². The third-order valence-corrected chi connectivity index (χ3v) is 5.88. The maximum absolute atomic E-state index is 12.7. The smallest absolute Gasteiger partial charge is 0.387 e.